The molecule has 92 valence electrons. The van der Waals surface area contributed by atoms with Gasteiger partial charge >= 0.3 is 6.08 Å². The topological polar surface area (TPSA) is 0 Å². The van der Waals surface area contributed by atoms with Gasteiger partial charge in [0.15, 0.2) is 11.7 Å². The molecule has 0 heterocycles. The quantitative estimate of drug-likeness (QED) is 0.670. The lowest BCUT2D eigenvalue weighted by Crippen LogP contribution is -1.94. The van der Waals surface area contributed by atoms with Gasteiger partial charge in [-0.15, -0.1) is 0 Å². The molecule has 0 aliphatic carbocycles. The van der Waals surface area contributed by atoms with Gasteiger partial charge in [0.25, 0.3) is 0 Å². The first-order valence-corrected chi connectivity index (χ1v) is 4.05. The van der Waals surface area contributed by atoms with Gasteiger partial charge in [-0.05, 0) is 12.1 Å². The minimum atomic E-state index is -2.85. The zero-order valence-electron chi connectivity index (χ0n) is 7.88. The summed E-state index contributed by atoms with van der Waals surface area (Å²) in [6, 6.07) is 0.0981. The van der Waals surface area contributed by atoms with Crippen molar-refractivity contribution in [3.05, 3.63) is 47.3 Å². The Hall–Kier alpha value is -1.79. The van der Waals surface area contributed by atoms with Crippen molar-refractivity contribution in [2.45, 2.75) is 0 Å². The first-order valence-electron chi connectivity index (χ1n) is 4.05. The van der Waals surface area contributed by atoms with E-state index < -0.39 is 46.8 Å². The molecule has 1 aromatic rings. The van der Waals surface area contributed by atoms with Crippen molar-refractivity contribution in [3.63, 3.8) is 0 Å². The molecule has 17 heavy (non-hydrogen) atoms. The highest BCUT2D eigenvalue weighted by Crippen LogP contribution is 2.29. The van der Waals surface area contributed by atoms with Crippen molar-refractivity contribution < 1.29 is 30.7 Å². The summed E-state index contributed by atoms with van der Waals surface area (Å²) < 4.78 is 86.7. The van der Waals surface area contributed by atoms with E-state index in [1.165, 1.54) is 0 Å². The van der Waals surface area contributed by atoms with Crippen LogP contribution >= 0.6 is 0 Å². The van der Waals surface area contributed by atoms with Crippen LogP contribution < -0.4 is 0 Å². The highest BCUT2D eigenvalue weighted by molar-refractivity contribution is 5.65. The first kappa shape index (κ1) is 13.3. The first-order chi connectivity index (χ1) is 7.88. The van der Waals surface area contributed by atoms with Crippen LogP contribution in [-0.4, -0.2) is 0 Å². The molecule has 0 amide bonds. The third-order valence-electron chi connectivity index (χ3n) is 1.81. The summed E-state index contributed by atoms with van der Waals surface area (Å²) in [6.07, 6.45) is -3.49. The van der Waals surface area contributed by atoms with E-state index in [2.05, 4.69) is 0 Å². The Morgan fingerprint density at radius 1 is 0.882 bits per heavy atom. The van der Waals surface area contributed by atoms with Crippen molar-refractivity contribution in [1.29, 1.82) is 0 Å². The smallest absolute Gasteiger partial charge is 0.212 e. The fourth-order valence-corrected chi connectivity index (χ4v) is 1.06. The molecule has 7 heteroatoms. The van der Waals surface area contributed by atoms with Crippen LogP contribution in [-0.2, 0) is 0 Å². The number of rotatable bonds is 2. The van der Waals surface area contributed by atoms with E-state index >= 15 is 0 Å². The van der Waals surface area contributed by atoms with Crippen LogP contribution in [0.2, 0.25) is 0 Å². The molecule has 1 rings (SSSR count). The van der Waals surface area contributed by atoms with Crippen LogP contribution in [0.25, 0.3) is 11.7 Å². The van der Waals surface area contributed by atoms with Crippen LogP contribution in [0, 0.1) is 11.6 Å². The Morgan fingerprint density at radius 2 is 1.35 bits per heavy atom. The van der Waals surface area contributed by atoms with Crippen LogP contribution in [0.3, 0.4) is 0 Å². The van der Waals surface area contributed by atoms with Gasteiger partial charge in [0, 0.05) is 0 Å². The molecule has 0 nitrogen and oxygen atoms in total. The molecule has 0 fully saturated rings. The molecule has 0 spiro atoms. The summed E-state index contributed by atoms with van der Waals surface area (Å²) in [4.78, 5) is 0. The van der Waals surface area contributed by atoms with E-state index in [0.29, 0.717) is 0 Å². The summed E-state index contributed by atoms with van der Waals surface area (Å²) in [5.41, 5.74) is -2.49. The van der Waals surface area contributed by atoms with Crippen molar-refractivity contribution in [2.24, 2.45) is 0 Å². The monoisotopic (exact) mass is 256 g/mol. The standard InChI is InChI=1S/C10H3F7/c11-3-8(14)4-1-7(13)5(2-6(4)12)9(15)10(16)17/h1-3H/b8-3-. The second-order valence-corrected chi connectivity index (χ2v) is 2.84. The lowest BCUT2D eigenvalue weighted by atomic mass is 10.1. The third-order valence-corrected chi connectivity index (χ3v) is 1.81. The molecule has 0 saturated carbocycles. The van der Waals surface area contributed by atoms with Gasteiger partial charge in [0.2, 0.25) is 0 Å². The van der Waals surface area contributed by atoms with E-state index in [0.717, 1.165) is 0 Å². The fourth-order valence-electron chi connectivity index (χ4n) is 1.06. The van der Waals surface area contributed by atoms with Crippen molar-refractivity contribution in [2.75, 3.05) is 0 Å². The van der Waals surface area contributed by atoms with Gasteiger partial charge in [-0.3, -0.25) is 0 Å². The summed E-state index contributed by atoms with van der Waals surface area (Å²) in [6.45, 7) is 0. The maximum absolute atomic E-state index is 13.0. The van der Waals surface area contributed by atoms with Gasteiger partial charge in [0.05, 0.1) is 11.1 Å². The normalized spacial score (nSPS) is 11.6. The lowest BCUT2D eigenvalue weighted by Gasteiger charge is -2.04. The minimum absolute atomic E-state index is 0.0161. The van der Waals surface area contributed by atoms with Gasteiger partial charge in [-0.25, -0.2) is 22.0 Å². The van der Waals surface area contributed by atoms with Gasteiger partial charge in [0.1, 0.15) is 18.0 Å². The second kappa shape index (κ2) is 5.03. The van der Waals surface area contributed by atoms with E-state index in [-0.39, 0.29) is 12.1 Å². The summed E-state index contributed by atoms with van der Waals surface area (Å²) in [5, 5.41) is 0. The van der Waals surface area contributed by atoms with Crippen LogP contribution in [0.1, 0.15) is 11.1 Å². The molecule has 0 atom stereocenters. The van der Waals surface area contributed by atoms with E-state index in [1.54, 1.807) is 0 Å². The maximum atomic E-state index is 13.0. The van der Waals surface area contributed by atoms with E-state index in [4.69, 9.17) is 0 Å². The second-order valence-electron chi connectivity index (χ2n) is 2.84. The summed E-state index contributed by atoms with van der Waals surface area (Å²) in [7, 11) is 0. The average molecular weight is 256 g/mol. The van der Waals surface area contributed by atoms with Crippen LogP contribution in [0.4, 0.5) is 30.7 Å². The average Bonchev–Trinajstić information content (AvgIpc) is 2.29. The largest absolute Gasteiger partial charge is 0.306 e. The van der Waals surface area contributed by atoms with Crippen LogP contribution in [0.15, 0.2) is 24.5 Å². The third kappa shape index (κ3) is 2.66. The van der Waals surface area contributed by atoms with Crippen LogP contribution in [0.5, 0.6) is 0 Å². The van der Waals surface area contributed by atoms with E-state index in [1.807, 2.05) is 0 Å². The Bertz CT molecular complexity index is 498. The Morgan fingerprint density at radius 3 is 1.82 bits per heavy atom. The Balaban J connectivity index is 3.44. The molecule has 1 aromatic carbocycles. The summed E-state index contributed by atoms with van der Waals surface area (Å²) in [5.74, 6) is -7.21. The highest BCUT2D eigenvalue weighted by atomic mass is 19.3. The maximum Gasteiger partial charge on any atom is 0.306 e. The predicted octanol–water partition coefficient (Wildman–Crippen LogP) is 4.74. The van der Waals surface area contributed by atoms with Crippen molar-refractivity contribution in [3.8, 4) is 0 Å². The zero-order chi connectivity index (χ0) is 13.2. The molecule has 0 radical (unpaired) electrons. The number of hydrogen-bond donors (Lipinski definition) is 0. The molecule has 0 bridgehead atoms. The minimum Gasteiger partial charge on any atom is -0.212 e. The highest BCUT2D eigenvalue weighted by Gasteiger charge is 2.19. The van der Waals surface area contributed by atoms with Crippen molar-refractivity contribution >= 4 is 11.7 Å². The number of halogens is 7. The number of hydrogen-bond acceptors (Lipinski definition) is 0. The van der Waals surface area contributed by atoms with Crippen molar-refractivity contribution in [1.82, 2.24) is 0 Å². The molecule has 0 aliphatic heterocycles. The molecule has 0 unspecified atom stereocenters. The Labute approximate surface area is 90.7 Å². The number of benzene rings is 1. The molecular weight excluding hydrogens is 253 g/mol. The SMILES string of the molecule is F/C=C(\F)c1cc(F)c(C(F)=C(F)F)cc1F. The Kier molecular flexibility index (Phi) is 3.93. The molecule has 0 aliphatic rings. The lowest BCUT2D eigenvalue weighted by molar-refractivity contribution is 0.409. The predicted molar refractivity (Wildman–Crippen MR) is 46.8 cm³/mol. The van der Waals surface area contributed by atoms with Gasteiger partial charge in [-0.1, -0.05) is 0 Å². The van der Waals surface area contributed by atoms with Gasteiger partial charge in [-0.2, -0.15) is 8.78 Å². The molecular formula is C10H3F7. The molecule has 0 N–H and O–H groups in total. The fraction of sp³-hybridized carbons (Fsp3) is 0. The molecule has 0 saturated heterocycles. The zero-order valence-corrected chi connectivity index (χ0v) is 7.88. The summed E-state index contributed by atoms with van der Waals surface area (Å²) >= 11 is 0. The van der Waals surface area contributed by atoms with E-state index in [9.17, 15) is 30.7 Å². The van der Waals surface area contributed by atoms with Gasteiger partial charge < -0.3 is 0 Å². The molecule has 0 aromatic heterocycles.